The Hall–Kier alpha value is -1.07. The molecule has 112 valence electrons. The SMILES string of the molecule is Cc1csc(C)c1[C@@H]1CN(C(=O)OC(C)(C)C)C[C@H]1O. The molecule has 1 fully saturated rings. The molecule has 0 aromatic carbocycles. The molecule has 0 radical (unpaired) electrons. The zero-order valence-electron chi connectivity index (χ0n) is 12.8. The van der Waals surface area contributed by atoms with Crippen molar-refractivity contribution in [2.24, 2.45) is 0 Å². The van der Waals surface area contributed by atoms with Crippen molar-refractivity contribution in [1.29, 1.82) is 0 Å². The van der Waals surface area contributed by atoms with Crippen molar-refractivity contribution < 1.29 is 14.6 Å². The van der Waals surface area contributed by atoms with Crippen molar-refractivity contribution in [2.45, 2.75) is 52.2 Å². The number of hydrogen-bond acceptors (Lipinski definition) is 4. The van der Waals surface area contributed by atoms with Gasteiger partial charge < -0.3 is 14.7 Å². The highest BCUT2D eigenvalue weighted by Gasteiger charge is 2.38. The van der Waals surface area contributed by atoms with E-state index in [0.29, 0.717) is 13.1 Å². The van der Waals surface area contributed by atoms with Crippen molar-refractivity contribution in [2.75, 3.05) is 13.1 Å². The minimum Gasteiger partial charge on any atom is -0.444 e. The van der Waals surface area contributed by atoms with Crippen molar-refractivity contribution in [3.05, 3.63) is 21.4 Å². The van der Waals surface area contributed by atoms with Crippen LogP contribution in [0.1, 0.15) is 42.7 Å². The van der Waals surface area contributed by atoms with Gasteiger partial charge in [-0.3, -0.25) is 0 Å². The van der Waals surface area contributed by atoms with E-state index in [1.54, 1.807) is 16.2 Å². The first kappa shape index (κ1) is 15.3. The molecule has 20 heavy (non-hydrogen) atoms. The largest absolute Gasteiger partial charge is 0.444 e. The summed E-state index contributed by atoms with van der Waals surface area (Å²) in [6, 6.07) is 0. The molecule has 0 spiro atoms. The summed E-state index contributed by atoms with van der Waals surface area (Å²) >= 11 is 1.69. The highest BCUT2D eigenvalue weighted by molar-refractivity contribution is 7.10. The molecule has 0 unspecified atom stereocenters. The molecule has 0 saturated carbocycles. The van der Waals surface area contributed by atoms with E-state index in [4.69, 9.17) is 4.74 Å². The standard InChI is InChI=1S/C15H23NO3S/c1-9-8-20-10(2)13(9)11-6-16(7-12(11)17)14(18)19-15(3,4)5/h8,11-12,17H,6-7H2,1-5H3/t11-,12-/m1/s1. The molecular weight excluding hydrogens is 274 g/mol. The molecule has 1 aromatic heterocycles. The van der Waals surface area contributed by atoms with Gasteiger partial charge in [0, 0.05) is 17.3 Å². The number of carbonyl (C=O) groups is 1. The number of thiophene rings is 1. The number of amides is 1. The number of aliphatic hydroxyl groups is 1. The Morgan fingerprint density at radius 2 is 2.05 bits per heavy atom. The second-order valence-electron chi connectivity index (χ2n) is 6.45. The molecule has 0 bridgehead atoms. The van der Waals surface area contributed by atoms with Gasteiger partial charge in [-0.2, -0.15) is 0 Å². The summed E-state index contributed by atoms with van der Waals surface area (Å²) in [6.45, 7) is 10.5. The predicted octanol–water partition coefficient (Wildman–Crippen LogP) is 3.06. The summed E-state index contributed by atoms with van der Waals surface area (Å²) in [5.74, 6) is -0.00577. The monoisotopic (exact) mass is 297 g/mol. The number of ether oxygens (including phenoxy) is 1. The third-order valence-corrected chi connectivity index (χ3v) is 4.57. The van der Waals surface area contributed by atoms with Crippen LogP contribution in [0.3, 0.4) is 0 Å². The van der Waals surface area contributed by atoms with Gasteiger partial charge >= 0.3 is 6.09 Å². The Labute approximate surface area is 124 Å². The fourth-order valence-corrected chi connectivity index (χ4v) is 3.60. The van der Waals surface area contributed by atoms with Crippen LogP contribution in [0.25, 0.3) is 0 Å². The van der Waals surface area contributed by atoms with Gasteiger partial charge in [-0.15, -0.1) is 11.3 Å². The van der Waals surface area contributed by atoms with E-state index in [1.807, 2.05) is 20.8 Å². The van der Waals surface area contributed by atoms with E-state index in [1.165, 1.54) is 16.0 Å². The normalized spacial score (nSPS) is 23.2. The van der Waals surface area contributed by atoms with Gasteiger partial charge in [-0.25, -0.2) is 4.79 Å². The van der Waals surface area contributed by atoms with Crippen molar-refractivity contribution in [3.8, 4) is 0 Å². The average molecular weight is 297 g/mol. The van der Waals surface area contributed by atoms with Crippen LogP contribution in [-0.4, -0.2) is 40.9 Å². The van der Waals surface area contributed by atoms with Crippen LogP contribution in [-0.2, 0) is 4.74 Å². The number of aryl methyl sites for hydroxylation is 2. The van der Waals surface area contributed by atoms with E-state index in [-0.39, 0.29) is 12.0 Å². The lowest BCUT2D eigenvalue weighted by molar-refractivity contribution is 0.0270. The fraction of sp³-hybridized carbons (Fsp3) is 0.667. The van der Waals surface area contributed by atoms with Crippen molar-refractivity contribution in [3.63, 3.8) is 0 Å². The predicted molar refractivity (Wildman–Crippen MR) is 80.3 cm³/mol. The topological polar surface area (TPSA) is 49.8 Å². The molecule has 0 aliphatic carbocycles. The van der Waals surface area contributed by atoms with Crippen LogP contribution < -0.4 is 0 Å². The average Bonchev–Trinajstić information content (AvgIpc) is 2.81. The maximum atomic E-state index is 12.1. The first-order chi connectivity index (χ1) is 9.19. The molecule has 5 heteroatoms. The molecule has 1 aromatic rings. The van der Waals surface area contributed by atoms with Crippen LogP contribution >= 0.6 is 11.3 Å². The molecular formula is C15H23NO3S. The Bertz CT molecular complexity index is 484. The molecule has 4 nitrogen and oxygen atoms in total. The van der Waals surface area contributed by atoms with Gasteiger partial charge in [0.1, 0.15) is 5.60 Å². The Morgan fingerprint density at radius 3 is 2.55 bits per heavy atom. The molecule has 1 aliphatic rings. The smallest absolute Gasteiger partial charge is 0.410 e. The summed E-state index contributed by atoms with van der Waals surface area (Å²) in [5.41, 5.74) is 1.88. The molecule has 2 rings (SSSR count). The lowest BCUT2D eigenvalue weighted by Crippen LogP contribution is -2.35. The van der Waals surface area contributed by atoms with E-state index < -0.39 is 11.7 Å². The zero-order chi connectivity index (χ0) is 15.1. The first-order valence-electron chi connectivity index (χ1n) is 6.89. The third-order valence-electron chi connectivity index (χ3n) is 3.53. The minimum atomic E-state index is -0.519. The fourth-order valence-electron chi connectivity index (χ4n) is 2.68. The second kappa shape index (κ2) is 5.37. The van der Waals surface area contributed by atoms with E-state index >= 15 is 0 Å². The number of nitrogens with zero attached hydrogens (tertiary/aromatic N) is 1. The summed E-state index contributed by atoms with van der Waals surface area (Å²) < 4.78 is 5.37. The van der Waals surface area contributed by atoms with Crippen LogP contribution in [0.15, 0.2) is 5.38 Å². The van der Waals surface area contributed by atoms with Gasteiger partial charge in [-0.1, -0.05) is 0 Å². The van der Waals surface area contributed by atoms with Crippen molar-refractivity contribution >= 4 is 17.4 Å². The molecule has 1 saturated heterocycles. The number of β-amino-alcohol motifs (C(OH)–C–C–N with tert-alkyl or cyclic N) is 1. The maximum Gasteiger partial charge on any atom is 0.410 e. The summed E-state index contributed by atoms with van der Waals surface area (Å²) in [5, 5.41) is 12.4. The summed E-state index contributed by atoms with van der Waals surface area (Å²) in [6.07, 6.45) is -0.862. The number of hydrogen-bond donors (Lipinski definition) is 1. The lowest BCUT2D eigenvalue weighted by Gasteiger charge is -2.24. The lowest BCUT2D eigenvalue weighted by atomic mass is 9.94. The second-order valence-corrected chi connectivity index (χ2v) is 7.53. The molecule has 1 N–H and O–H groups in total. The van der Waals surface area contributed by atoms with E-state index in [0.717, 1.165) is 0 Å². The Morgan fingerprint density at radius 1 is 1.40 bits per heavy atom. The maximum absolute atomic E-state index is 12.1. The van der Waals surface area contributed by atoms with Gasteiger partial charge in [0.2, 0.25) is 0 Å². The van der Waals surface area contributed by atoms with Crippen LogP contribution in [0, 0.1) is 13.8 Å². The number of aliphatic hydroxyl groups excluding tert-OH is 1. The van der Waals surface area contributed by atoms with Crippen molar-refractivity contribution in [1.82, 2.24) is 4.90 Å². The first-order valence-corrected chi connectivity index (χ1v) is 7.77. The van der Waals surface area contributed by atoms with Crippen LogP contribution in [0.5, 0.6) is 0 Å². The van der Waals surface area contributed by atoms with Gasteiger partial charge in [-0.05, 0) is 51.1 Å². The summed E-state index contributed by atoms with van der Waals surface area (Å²) in [7, 11) is 0. The number of carbonyl (C=O) groups excluding carboxylic acids is 1. The highest BCUT2D eigenvalue weighted by atomic mass is 32.1. The molecule has 1 amide bonds. The Balaban J connectivity index is 2.12. The number of likely N-dealkylation sites (tertiary alicyclic amines) is 1. The van der Waals surface area contributed by atoms with Gasteiger partial charge in [0.15, 0.2) is 0 Å². The Kier molecular flexibility index (Phi) is 4.12. The molecule has 2 atom stereocenters. The minimum absolute atomic E-state index is 0.00577. The third kappa shape index (κ3) is 3.15. The van der Waals surface area contributed by atoms with E-state index in [9.17, 15) is 9.90 Å². The summed E-state index contributed by atoms with van der Waals surface area (Å²) in [4.78, 5) is 14.9. The highest BCUT2D eigenvalue weighted by Crippen LogP contribution is 2.35. The molecule has 1 aliphatic heterocycles. The number of rotatable bonds is 1. The van der Waals surface area contributed by atoms with Crippen LogP contribution in [0.4, 0.5) is 4.79 Å². The quantitative estimate of drug-likeness (QED) is 0.866. The molecule has 2 heterocycles. The van der Waals surface area contributed by atoms with Crippen LogP contribution in [0.2, 0.25) is 0 Å². The van der Waals surface area contributed by atoms with Gasteiger partial charge in [0.25, 0.3) is 0 Å². The zero-order valence-corrected chi connectivity index (χ0v) is 13.6. The van der Waals surface area contributed by atoms with E-state index in [2.05, 4.69) is 19.2 Å². The van der Waals surface area contributed by atoms with Gasteiger partial charge in [0.05, 0.1) is 12.6 Å².